The van der Waals surface area contributed by atoms with Gasteiger partial charge in [-0.15, -0.1) is 15.7 Å². The third-order valence-electron chi connectivity index (χ3n) is 5.13. The second-order valence-electron chi connectivity index (χ2n) is 8.72. The Morgan fingerprint density at radius 3 is 2.78 bits per heavy atom. The number of rotatable bonds is 7. The minimum absolute atomic E-state index is 0.0293. The number of hydrogen-bond donors (Lipinski definition) is 3. The number of H-pyrrole nitrogens is 1. The average molecular weight is 500 g/mol. The Morgan fingerprint density at radius 1 is 1.47 bits per heavy atom. The standard InChI is InChI=1S/C19H25N5O5S3/c1-19(2,3)15(13-6-5-9-29-13)21-17-16(22-31(26)23-17)20-12-10-30-18(14(12)25)32(27,28)24(4)11-7-8-11/h5-6,9-11,15,25H,7-8H2,1-4H3,(H,20,22)(H,21,23)/t15-,31?/m0/s1. The number of nitrogens with one attached hydrogen (secondary N) is 2. The molecule has 10 nitrogen and oxygen atoms in total. The van der Waals surface area contributed by atoms with Gasteiger partial charge in [0.1, 0.15) is 11.8 Å². The van der Waals surface area contributed by atoms with Crippen molar-refractivity contribution >= 4 is 44.0 Å². The lowest BCUT2D eigenvalue weighted by atomic mass is 9.86. The fourth-order valence-corrected chi connectivity index (χ4v) is 6.69. The fraction of sp³-hybridized carbons (Fsp3) is 0.474. The van der Waals surface area contributed by atoms with Gasteiger partial charge in [0.05, 0.1) is 12.0 Å². The largest absolute Gasteiger partial charge is 0.548 e. The third-order valence-corrected chi connectivity index (χ3v) is 9.25. The molecule has 0 saturated heterocycles. The van der Waals surface area contributed by atoms with Gasteiger partial charge in [0.25, 0.3) is 10.0 Å². The van der Waals surface area contributed by atoms with Gasteiger partial charge < -0.3 is 19.4 Å². The molecule has 1 fully saturated rings. The summed E-state index contributed by atoms with van der Waals surface area (Å²) in [5.74, 6) is 0.371. The summed E-state index contributed by atoms with van der Waals surface area (Å²) in [6.07, 6.45) is 3.18. The lowest BCUT2D eigenvalue weighted by Gasteiger charge is -2.24. The topological polar surface area (TPSA) is 147 Å². The first-order valence-corrected chi connectivity index (χ1v) is 13.4. The molecule has 0 amide bonds. The van der Waals surface area contributed by atoms with E-state index in [1.807, 2.05) is 26.8 Å². The molecule has 4 rings (SSSR count). The summed E-state index contributed by atoms with van der Waals surface area (Å²) in [4.78, 5) is 4.68. The third kappa shape index (κ3) is 4.48. The molecule has 13 heteroatoms. The number of thiophene rings is 1. The maximum atomic E-state index is 12.8. The monoisotopic (exact) mass is 499 g/mol. The molecule has 3 heterocycles. The van der Waals surface area contributed by atoms with E-state index >= 15 is 0 Å². The molecule has 1 aliphatic rings. The Labute approximate surface area is 192 Å². The molecule has 1 unspecified atom stereocenters. The van der Waals surface area contributed by atoms with Crippen LogP contribution in [-0.4, -0.2) is 44.2 Å². The van der Waals surface area contributed by atoms with Gasteiger partial charge in [0.2, 0.25) is 11.3 Å². The number of aromatic nitrogens is 2. The minimum Gasteiger partial charge on any atom is -0.548 e. The van der Waals surface area contributed by atoms with Crippen LogP contribution in [0.2, 0.25) is 0 Å². The predicted octanol–water partition coefficient (Wildman–Crippen LogP) is 3.71. The molecule has 3 aromatic heterocycles. The first-order chi connectivity index (χ1) is 15.0. The van der Waals surface area contributed by atoms with Gasteiger partial charge in [0.15, 0.2) is 21.1 Å². The number of hydrogen-bond acceptors (Lipinski definition) is 9. The van der Waals surface area contributed by atoms with Gasteiger partial charge in [-0.05, 0) is 30.4 Å². The molecule has 3 aromatic rings. The van der Waals surface area contributed by atoms with E-state index in [-0.39, 0.29) is 32.7 Å². The molecule has 0 spiro atoms. The molecule has 0 bridgehead atoms. The summed E-state index contributed by atoms with van der Waals surface area (Å²) in [6, 6.07) is 3.15. The van der Waals surface area contributed by atoms with E-state index in [0.29, 0.717) is 5.76 Å². The summed E-state index contributed by atoms with van der Waals surface area (Å²) >= 11 is -0.849. The number of furan rings is 1. The second kappa shape index (κ2) is 8.30. The van der Waals surface area contributed by atoms with Crippen LogP contribution in [0.5, 0.6) is 5.75 Å². The van der Waals surface area contributed by atoms with E-state index in [1.54, 1.807) is 12.3 Å². The van der Waals surface area contributed by atoms with Gasteiger partial charge in [0, 0.05) is 22.8 Å². The zero-order valence-corrected chi connectivity index (χ0v) is 20.5. The van der Waals surface area contributed by atoms with E-state index in [9.17, 15) is 18.1 Å². The van der Waals surface area contributed by atoms with Crippen LogP contribution in [0.25, 0.3) is 0 Å². The lowest BCUT2D eigenvalue weighted by molar-refractivity contribution is 0.282. The van der Waals surface area contributed by atoms with E-state index in [4.69, 9.17) is 4.42 Å². The highest BCUT2D eigenvalue weighted by molar-refractivity contribution is 7.91. The van der Waals surface area contributed by atoms with Crippen molar-refractivity contribution in [3.05, 3.63) is 35.0 Å². The summed E-state index contributed by atoms with van der Waals surface area (Å²) in [6.45, 7) is 6.00. The summed E-state index contributed by atoms with van der Waals surface area (Å²) in [5, 5.41) is 15.0. The van der Waals surface area contributed by atoms with Crippen LogP contribution in [0, 0.1) is 5.41 Å². The van der Waals surface area contributed by atoms with E-state index < -0.39 is 33.0 Å². The number of anilines is 2. The van der Waals surface area contributed by atoms with E-state index in [2.05, 4.69) is 19.1 Å². The van der Waals surface area contributed by atoms with Gasteiger partial charge in [-0.1, -0.05) is 20.8 Å². The molecule has 0 radical (unpaired) electrons. The Bertz CT molecular complexity index is 1260. The van der Waals surface area contributed by atoms with Crippen molar-refractivity contribution in [3.8, 4) is 5.75 Å². The van der Waals surface area contributed by atoms with Crippen LogP contribution in [0.4, 0.5) is 11.5 Å². The van der Waals surface area contributed by atoms with E-state index in [1.165, 1.54) is 16.7 Å². The zero-order valence-electron chi connectivity index (χ0n) is 18.0. The SMILES string of the molecule is CN(C1CC1)S(=O)(=O)c1scc(Nc2n[s+]([O-])[nH]c2=N[C@@H](c2ccco2)C(C)(C)C)c1O. The Balaban J connectivity index is 1.69. The quantitative estimate of drug-likeness (QED) is 0.420. The molecule has 174 valence electrons. The highest BCUT2D eigenvalue weighted by Crippen LogP contribution is 2.42. The normalized spacial score (nSPS) is 17.2. The highest BCUT2D eigenvalue weighted by atomic mass is 32.2. The van der Waals surface area contributed by atoms with Crippen LogP contribution >= 0.6 is 22.5 Å². The summed E-state index contributed by atoms with van der Waals surface area (Å²) in [5.41, 5.74) is 0.0564. The molecule has 32 heavy (non-hydrogen) atoms. The lowest BCUT2D eigenvalue weighted by Crippen LogP contribution is -2.28. The average Bonchev–Trinajstić information content (AvgIpc) is 3.10. The van der Waals surface area contributed by atoms with Crippen LogP contribution in [0.3, 0.4) is 0 Å². The summed E-state index contributed by atoms with van der Waals surface area (Å²) in [7, 11) is -2.29. The van der Waals surface area contributed by atoms with Crippen LogP contribution < -0.4 is 10.8 Å². The molecule has 1 aliphatic carbocycles. The smallest absolute Gasteiger partial charge is 0.256 e. The van der Waals surface area contributed by atoms with Crippen molar-refractivity contribution in [2.24, 2.45) is 10.4 Å². The molecule has 3 N–H and O–H groups in total. The Morgan fingerprint density at radius 2 is 2.19 bits per heavy atom. The van der Waals surface area contributed by atoms with Crippen LogP contribution in [0.1, 0.15) is 45.4 Å². The number of aromatic hydroxyl groups is 1. The molecular formula is C19H25N5O5S3. The van der Waals surface area contributed by atoms with Crippen molar-refractivity contribution in [2.45, 2.75) is 49.9 Å². The first kappa shape index (κ1) is 23.0. The number of aromatic amines is 1. The maximum Gasteiger partial charge on any atom is 0.256 e. The van der Waals surface area contributed by atoms with Gasteiger partial charge in [-0.25, -0.2) is 13.4 Å². The minimum atomic E-state index is -3.81. The van der Waals surface area contributed by atoms with Crippen molar-refractivity contribution in [3.63, 3.8) is 0 Å². The van der Waals surface area contributed by atoms with Gasteiger partial charge in [-0.3, -0.25) is 0 Å². The summed E-state index contributed by atoms with van der Waals surface area (Å²) < 4.78 is 51.1. The van der Waals surface area contributed by atoms with E-state index in [0.717, 1.165) is 24.2 Å². The zero-order chi connectivity index (χ0) is 23.3. The van der Waals surface area contributed by atoms with Gasteiger partial charge >= 0.3 is 0 Å². The number of nitrogens with zero attached hydrogens (tertiary/aromatic N) is 3. The molecule has 1 saturated carbocycles. The fourth-order valence-electron chi connectivity index (χ4n) is 3.21. The van der Waals surface area contributed by atoms with Crippen molar-refractivity contribution in [2.75, 3.05) is 12.4 Å². The Hall–Kier alpha value is -2.19. The van der Waals surface area contributed by atoms with Crippen LogP contribution in [-0.2, 0) is 10.0 Å². The first-order valence-electron chi connectivity index (χ1n) is 9.93. The Kier molecular flexibility index (Phi) is 5.96. The second-order valence-corrected chi connectivity index (χ2v) is 12.7. The molecule has 0 aromatic carbocycles. The highest BCUT2D eigenvalue weighted by Gasteiger charge is 2.38. The maximum absolute atomic E-state index is 12.8. The predicted molar refractivity (Wildman–Crippen MR) is 121 cm³/mol. The number of sulfonamides is 1. The van der Waals surface area contributed by atoms with Gasteiger partial charge in [-0.2, -0.15) is 4.31 Å². The van der Waals surface area contributed by atoms with Crippen molar-refractivity contribution in [1.29, 1.82) is 0 Å². The van der Waals surface area contributed by atoms with Crippen molar-refractivity contribution in [1.82, 2.24) is 13.1 Å². The van der Waals surface area contributed by atoms with Crippen LogP contribution in [0.15, 0.2) is 37.4 Å². The van der Waals surface area contributed by atoms with Crippen molar-refractivity contribution < 1.29 is 22.5 Å². The molecule has 2 atom stereocenters. The molecule has 0 aliphatic heterocycles. The molecular weight excluding hydrogens is 474 g/mol.